The molecule has 0 saturated carbocycles. The lowest BCUT2D eigenvalue weighted by atomic mass is 10.2. The summed E-state index contributed by atoms with van der Waals surface area (Å²) in [4.78, 5) is 29.6. The molecule has 18 heavy (non-hydrogen) atoms. The van der Waals surface area contributed by atoms with Crippen molar-refractivity contribution < 1.29 is 9.72 Å². The van der Waals surface area contributed by atoms with E-state index in [4.69, 9.17) is 0 Å². The van der Waals surface area contributed by atoms with Crippen molar-refractivity contribution in [1.29, 1.82) is 0 Å². The smallest absolute Gasteiger partial charge is 0.314 e. The summed E-state index contributed by atoms with van der Waals surface area (Å²) in [5.41, 5.74) is 0.524. The third-order valence-electron chi connectivity index (χ3n) is 2.99. The summed E-state index contributed by atoms with van der Waals surface area (Å²) in [6, 6.07) is 1.59. The van der Waals surface area contributed by atoms with Crippen LogP contribution in [-0.4, -0.2) is 40.5 Å². The molecule has 0 N–H and O–H groups in total. The van der Waals surface area contributed by atoms with Crippen LogP contribution >= 0.6 is 0 Å². The standard InChI is InChI=1S/C11H14N4O3/c1-3-13-7-14(6-9(13)16)11-10(15(17)18)8(2)4-5-12-11/h4-5H,3,6-7H2,1-2H3. The number of pyridine rings is 1. The maximum Gasteiger partial charge on any atom is 0.314 e. The van der Waals surface area contributed by atoms with E-state index in [1.165, 1.54) is 6.20 Å². The Morgan fingerprint density at radius 2 is 2.28 bits per heavy atom. The fraction of sp³-hybridized carbons (Fsp3) is 0.455. The molecule has 0 spiro atoms. The average molecular weight is 250 g/mol. The summed E-state index contributed by atoms with van der Waals surface area (Å²) in [5, 5.41) is 11.1. The molecule has 0 bridgehead atoms. The number of anilines is 1. The lowest BCUT2D eigenvalue weighted by Crippen LogP contribution is -2.27. The molecule has 0 unspecified atom stereocenters. The van der Waals surface area contributed by atoms with Crippen LogP contribution in [0.15, 0.2) is 12.3 Å². The Balaban J connectivity index is 2.38. The van der Waals surface area contributed by atoms with Crippen LogP contribution in [-0.2, 0) is 4.79 Å². The van der Waals surface area contributed by atoms with Gasteiger partial charge in [0.1, 0.15) is 6.54 Å². The lowest BCUT2D eigenvalue weighted by Gasteiger charge is -2.17. The monoisotopic (exact) mass is 250 g/mol. The summed E-state index contributed by atoms with van der Waals surface area (Å²) in [7, 11) is 0. The zero-order valence-corrected chi connectivity index (χ0v) is 10.3. The van der Waals surface area contributed by atoms with Crippen molar-refractivity contribution in [1.82, 2.24) is 9.88 Å². The van der Waals surface area contributed by atoms with Gasteiger partial charge in [0.15, 0.2) is 0 Å². The molecule has 1 amide bonds. The van der Waals surface area contributed by atoms with E-state index in [0.29, 0.717) is 18.8 Å². The molecule has 0 aromatic carbocycles. The topological polar surface area (TPSA) is 79.6 Å². The second-order valence-electron chi connectivity index (χ2n) is 4.15. The van der Waals surface area contributed by atoms with Gasteiger partial charge in [-0.1, -0.05) is 0 Å². The number of rotatable bonds is 3. The fourth-order valence-electron chi connectivity index (χ4n) is 2.01. The molecule has 1 aliphatic rings. The van der Waals surface area contributed by atoms with Crippen LogP contribution < -0.4 is 4.90 Å². The highest BCUT2D eigenvalue weighted by Gasteiger charge is 2.32. The first-order chi connectivity index (χ1) is 8.54. The van der Waals surface area contributed by atoms with E-state index >= 15 is 0 Å². The van der Waals surface area contributed by atoms with Crippen molar-refractivity contribution in [3.8, 4) is 0 Å². The van der Waals surface area contributed by atoms with Gasteiger partial charge in [-0.15, -0.1) is 0 Å². The molecule has 2 heterocycles. The van der Waals surface area contributed by atoms with Crippen LogP contribution in [0.5, 0.6) is 0 Å². The van der Waals surface area contributed by atoms with Crippen molar-refractivity contribution in [3.05, 3.63) is 27.9 Å². The maximum absolute atomic E-state index is 11.6. The first-order valence-electron chi connectivity index (χ1n) is 5.67. The molecule has 1 fully saturated rings. The van der Waals surface area contributed by atoms with Gasteiger partial charge in [0, 0.05) is 18.3 Å². The SMILES string of the molecule is CCN1CN(c2nccc(C)c2[N+](=O)[O-])CC1=O. The second kappa shape index (κ2) is 4.59. The van der Waals surface area contributed by atoms with Gasteiger partial charge < -0.3 is 9.80 Å². The maximum atomic E-state index is 11.6. The summed E-state index contributed by atoms with van der Waals surface area (Å²) >= 11 is 0. The van der Waals surface area contributed by atoms with Crippen molar-refractivity contribution in [3.63, 3.8) is 0 Å². The molecule has 7 nitrogen and oxygen atoms in total. The number of carbonyl (C=O) groups is 1. The van der Waals surface area contributed by atoms with E-state index in [1.54, 1.807) is 22.8 Å². The zero-order chi connectivity index (χ0) is 13.3. The van der Waals surface area contributed by atoms with Gasteiger partial charge in [-0.25, -0.2) is 4.98 Å². The third kappa shape index (κ3) is 1.99. The highest BCUT2D eigenvalue weighted by molar-refractivity contribution is 5.85. The van der Waals surface area contributed by atoms with Gasteiger partial charge in [0.2, 0.25) is 11.7 Å². The molecule has 1 aliphatic heterocycles. The quantitative estimate of drug-likeness (QED) is 0.588. The Bertz CT molecular complexity index is 503. The highest BCUT2D eigenvalue weighted by Crippen LogP contribution is 2.30. The fourth-order valence-corrected chi connectivity index (χ4v) is 2.01. The number of carbonyl (C=O) groups excluding carboxylic acids is 1. The number of nitrogens with zero attached hydrogens (tertiary/aromatic N) is 4. The number of aromatic nitrogens is 1. The summed E-state index contributed by atoms with van der Waals surface area (Å²) in [5.74, 6) is 0.236. The van der Waals surface area contributed by atoms with Crippen LogP contribution in [0.4, 0.5) is 11.5 Å². The molecule has 1 aromatic rings. The van der Waals surface area contributed by atoms with Crippen molar-refractivity contribution in [2.75, 3.05) is 24.7 Å². The summed E-state index contributed by atoms with van der Waals surface area (Å²) < 4.78 is 0. The van der Waals surface area contributed by atoms with Crippen molar-refractivity contribution in [2.24, 2.45) is 0 Å². The molecule has 0 aliphatic carbocycles. The zero-order valence-electron chi connectivity index (χ0n) is 10.3. The minimum absolute atomic E-state index is 0.0248. The van der Waals surface area contributed by atoms with Crippen molar-refractivity contribution in [2.45, 2.75) is 13.8 Å². The highest BCUT2D eigenvalue weighted by atomic mass is 16.6. The van der Waals surface area contributed by atoms with E-state index < -0.39 is 4.92 Å². The number of hydrogen-bond acceptors (Lipinski definition) is 5. The van der Waals surface area contributed by atoms with Gasteiger partial charge in [0.05, 0.1) is 11.6 Å². The number of likely N-dealkylation sites (N-methyl/N-ethyl adjacent to an activating group) is 1. The molecule has 2 rings (SSSR count). The second-order valence-corrected chi connectivity index (χ2v) is 4.15. The first kappa shape index (κ1) is 12.3. The number of amides is 1. The largest absolute Gasteiger partial charge is 0.324 e. The molecule has 1 aromatic heterocycles. The van der Waals surface area contributed by atoms with E-state index in [0.717, 1.165) is 0 Å². The van der Waals surface area contributed by atoms with Crippen LogP contribution in [0.3, 0.4) is 0 Å². The first-order valence-corrected chi connectivity index (χ1v) is 5.67. The molecule has 7 heteroatoms. The molecule has 96 valence electrons. The molecule has 0 atom stereocenters. The number of nitro groups is 1. The Labute approximate surface area is 104 Å². The van der Waals surface area contributed by atoms with Crippen LogP contribution in [0.1, 0.15) is 12.5 Å². The minimum Gasteiger partial charge on any atom is -0.324 e. The normalized spacial score (nSPS) is 15.3. The Hall–Kier alpha value is -2.18. The lowest BCUT2D eigenvalue weighted by molar-refractivity contribution is -0.384. The Kier molecular flexibility index (Phi) is 3.14. The van der Waals surface area contributed by atoms with E-state index in [9.17, 15) is 14.9 Å². The van der Waals surface area contributed by atoms with Gasteiger partial charge in [0.25, 0.3) is 0 Å². The van der Waals surface area contributed by atoms with Crippen LogP contribution in [0, 0.1) is 17.0 Å². The summed E-state index contributed by atoms with van der Waals surface area (Å²) in [6.07, 6.45) is 1.52. The van der Waals surface area contributed by atoms with Gasteiger partial charge in [-0.2, -0.15) is 0 Å². The predicted molar refractivity (Wildman–Crippen MR) is 65.2 cm³/mol. The third-order valence-corrected chi connectivity index (χ3v) is 2.99. The predicted octanol–water partition coefficient (Wildman–Crippen LogP) is 0.924. The minimum atomic E-state index is -0.448. The number of aryl methyl sites for hydroxylation is 1. The Morgan fingerprint density at radius 1 is 1.56 bits per heavy atom. The van der Waals surface area contributed by atoms with E-state index in [-0.39, 0.29) is 24.0 Å². The van der Waals surface area contributed by atoms with Crippen LogP contribution in [0.2, 0.25) is 0 Å². The van der Waals surface area contributed by atoms with Gasteiger partial charge in [-0.3, -0.25) is 14.9 Å². The van der Waals surface area contributed by atoms with Crippen molar-refractivity contribution >= 4 is 17.4 Å². The molecule has 1 saturated heterocycles. The molecular weight excluding hydrogens is 236 g/mol. The van der Waals surface area contributed by atoms with E-state index in [2.05, 4.69) is 4.98 Å². The van der Waals surface area contributed by atoms with Crippen LogP contribution in [0.25, 0.3) is 0 Å². The van der Waals surface area contributed by atoms with E-state index in [1.807, 2.05) is 6.92 Å². The van der Waals surface area contributed by atoms with Gasteiger partial charge in [-0.05, 0) is 19.9 Å². The molecular formula is C11H14N4O3. The van der Waals surface area contributed by atoms with Gasteiger partial charge >= 0.3 is 5.69 Å². The number of hydrogen-bond donors (Lipinski definition) is 0. The average Bonchev–Trinajstić information content (AvgIpc) is 2.69. The summed E-state index contributed by atoms with van der Waals surface area (Å²) in [6.45, 7) is 4.63. The molecule has 0 radical (unpaired) electrons. The Morgan fingerprint density at radius 3 is 2.83 bits per heavy atom.